The van der Waals surface area contributed by atoms with Crippen molar-refractivity contribution in [3.05, 3.63) is 73.9 Å². The third kappa shape index (κ3) is 3.94. The van der Waals surface area contributed by atoms with Crippen LogP contribution in [0.15, 0.2) is 47.1 Å². The minimum absolute atomic E-state index is 0.0307. The molecule has 144 valence electrons. The lowest BCUT2D eigenvalue weighted by molar-refractivity contribution is -0.384. The zero-order valence-electron chi connectivity index (χ0n) is 14.0. The molecule has 28 heavy (non-hydrogen) atoms. The van der Waals surface area contributed by atoms with Crippen molar-refractivity contribution in [1.29, 1.82) is 0 Å². The normalized spacial score (nSPS) is 10.7. The summed E-state index contributed by atoms with van der Waals surface area (Å²) in [6.07, 6.45) is 1.35. The molecular weight excluding hydrogens is 411 g/mol. The summed E-state index contributed by atoms with van der Waals surface area (Å²) in [6.45, 7) is -0.219. The van der Waals surface area contributed by atoms with E-state index in [9.17, 15) is 20.0 Å². The minimum Gasteiger partial charge on any atom is -0.507 e. The highest BCUT2D eigenvalue weighted by Crippen LogP contribution is 2.35. The van der Waals surface area contributed by atoms with Crippen LogP contribution >= 0.6 is 23.2 Å². The molecule has 3 aromatic rings. The number of furan rings is 1. The van der Waals surface area contributed by atoms with Gasteiger partial charge in [-0.2, -0.15) is 0 Å². The van der Waals surface area contributed by atoms with Crippen LogP contribution in [0.1, 0.15) is 15.9 Å². The molecule has 1 aromatic heterocycles. The molecule has 0 saturated carbocycles. The molecular formula is C18H12Cl2N2O6. The number of phenols is 1. The summed E-state index contributed by atoms with van der Waals surface area (Å²) in [5, 5.41) is 32.7. The Hall–Kier alpha value is -3.07. The van der Waals surface area contributed by atoms with Crippen LogP contribution < -0.4 is 5.32 Å². The van der Waals surface area contributed by atoms with Gasteiger partial charge in [-0.05, 0) is 24.3 Å². The van der Waals surface area contributed by atoms with Crippen LogP contribution in [0, 0.1) is 10.1 Å². The molecule has 10 heteroatoms. The van der Waals surface area contributed by atoms with Crippen molar-refractivity contribution >= 4 is 40.5 Å². The van der Waals surface area contributed by atoms with Gasteiger partial charge in [0.15, 0.2) is 0 Å². The highest BCUT2D eigenvalue weighted by Gasteiger charge is 2.19. The first-order chi connectivity index (χ1) is 13.3. The minimum atomic E-state index is -0.711. The number of nitrogens with one attached hydrogen (secondary N) is 1. The number of benzene rings is 2. The van der Waals surface area contributed by atoms with Gasteiger partial charge in [0, 0.05) is 23.3 Å². The van der Waals surface area contributed by atoms with Crippen LogP contribution in [0.4, 0.5) is 11.4 Å². The van der Waals surface area contributed by atoms with E-state index < -0.39 is 10.8 Å². The van der Waals surface area contributed by atoms with Gasteiger partial charge < -0.3 is 19.9 Å². The standard InChI is InChI=1S/C18H12Cl2N2O6/c19-13-5-12(16(24)6-11(13)17-3-9(7-23)8-28-17)18(25)21-15-2-1-10(22(26)27)4-14(15)20/h1-6,8,23-24H,7H2,(H,21,25). The maximum absolute atomic E-state index is 12.5. The SMILES string of the molecule is O=C(Nc1ccc([N+](=O)[O-])cc1Cl)c1cc(Cl)c(-c2cc(CO)co2)cc1O. The molecule has 0 saturated heterocycles. The Morgan fingerprint density at radius 1 is 1.18 bits per heavy atom. The summed E-state index contributed by atoms with van der Waals surface area (Å²) in [5.74, 6) is -0.760. The topological polar surface area (TPSA) is 126 Å². The lowest BCUT2D eigenvalue weighted by atomic mass is 10.1. The van der Waals surface area contributed by atoms with E-state index in [1.807, 2.05) is 0 Å². The lowest BCUT2D eigenvalue weighted by Crippen LogP contribution is -2.12. The molecule has 0 spiro atoms. The Morgan fingerprint density at radius 3 is 2.54 bits per heavy atom. The fourth-order valence-electron chi connectivity index (χ4n) is 2.44. The van der Waals surface area contributed by atoms with Crippen molar-refractivity contribution in [2.24, 2.45) is 0 Å². The number of anilines is 1. The first-order valence-corrected chi connectivity index (χ1v) is 8.52. The van der Waals surface area contributed by atoms with E-state index in [2.05, 4.69) is 5.32 Å². The third-order valence-electron chi connectivity index (χ3n) is 3.84. The molecule has 0 atom stereocenters. The van der Waals surface area contributed by atoms with Gasteiger partial charge in [0.2, 0.25) is 0 Å². The van der Waals surface area contributed by atoms with Crippen LogP contribution in [-0.4, -0.2) is 21.0 Å². The van der Waals surface area contributed by atoms with Gasteiger partial charge in [0.1, 0.15) is 11.5 Å². The first-order valence-electron chi connectivity index (χ1n) is 7.76. The fourth-order valence-corrected chi connectivity index (χ4v) is 2.92. The maximum atomic E-state index is 12.5. The van der Waals surface area contributed by atoms with Crippen molar-refractivity contribution in [3.63, 3.8) is 0 Å². The summed E-state index contributed by atoms with van der Waals surface area (Å²) < 4.78 is 5.29. The molecule has 8 nitrogen and oxygen atoms in total. The van der Waals surface area contributed by atoms with Crippen LogP contribution in [-0.2, 0) is 6.61 Å². The Morgan fingerprint density at radius 2 is 1.93 bits per heavy atom. The number of phenolic OH excluding ortho intramolecular Hbond substituents is 1. The average Bonchev–Trinajstić information content (AvgIpc) is 3.13. The second-order valence-corrected chi connectivity index (χ2v) is 6.52. The molecule has 0 aliphatic rings. The number of hydrogen-bond acceptors (Lipinski definition) is 6. The van der Waals surface area contributed by atoms with Crippen molar-refractivity contribution in [3.8, 4) is 17.1 Å². The zero-order chi connectivity index (χ0) is 20.4. The third-order valence-corrected chi connectivity index (χ3v) is 4.47. The van der Waals surface area contributed by atoms with Gasteiger partial charge >= 0.3 is 0 Å². The molecule has 0 bridgehead atoms. The van der Waals surface area contributed by atoms with Crippen molar-refractivity contribution in [2.75, 3.05) is 5.32 Å². The number of carbonyl (C=O) groups is 1. The van der Waals surface area contributed by atoms with Crippen LogP contribution in [0.25, 0.3) is 11.3 Å². The number of nitrogens with zero attached hydrogens (tertiary/aromatic N) is 1. The molecule has 0 aliphatic heterocycles. The molecule has 0 unspecified atom stereocenters. The number of carbonyl (C=O) groups excluding carboxylic acids is 1. The number of nitro groups is 1. The Bertz CT molecular complexity index is 1080. The van der Waals surface area contributed by atoms with E-state index in [0.29, 0.717) is 16.9 Å². The van der Waals surface area contributed by atoms with Gasteiger partial charge in [-0.25, -0.2) is 0 Å². The second kappa shape index (κ2) is 7.89. The number of aliphatic hydroxyl groups excluding tert-OH is 1. The molecule has 3 rings (SSSR count). The van der Waals surface area contributed by atoms with Crippen molar-refractivity contribution < 1.29 is 24.3 Å². The number of non-ortho nitro benzene ring substituents is 1. The molecule has 2 aromatic carbocycles. The highest BCUT2D eigenvalue weighted by molar-refractivity contribution is 6.35. The van der Waals surface area contributed by atoms with E-state index in [0.717, 1.165) is 6.07 Å². The van der Waals surface area contributed by atoms with Crippen molar-refractivity contribution in [1.82, 2.24) is 0 Å². The number of hydrogen-bond donors (Lipinski definition) is 3. The molecule has 3 N–H and O–H groups in total. The van der Waals surface area contributed by atoms with Crippen LogP contribution in [0.5, 0.6) is 5.75 Å². The van der Waals surface area contributed by atoms with Gasteiger partial charge in [-0.15, -0.1) is 0 Å². The molecule has 0 aliphatic carbocycles. The number of amides is 1. The van der Waals surface area contributed by atoms with E-state index in [-0.39, 0.29) is 39.3 Å². The number of nitro benzene ring substituents is 1. The van der Waals surface area contributed by atoms with Crippen LogP contribution in [0.3, 0.4) is 0 Å². The highest BCUT2D eigenvalue weighted by atomic mass is 35.5. The predicted molar refractivity (Wildman–Crippen MR) is 103 cm³/mol. The largest absolute Gasteiger partial charge is 0.507 e. The molecule has 0 radical (unpaired) electrons. The number of aliphatic hydroxyl groups is 1. The van der Waals surface area contributed by atoms with Gasteiger partial charge in [0.25, 0.3) is 11.6 Å². The smallest absolute Gasteiger partial charge is 0.271 e. The van der Waals surface area contributed by atoms with E-state index in [4.69, 9.17) is 32.7 Å². The quantitative estimate of drug-likeness (QED) is 0.406. The summed E-state index contributed by atoms with van der Waals surface area (Å²) >= 11 is 12.2. The number of aromatic hydroxyl groups is 1. The summed E-state index contributed by atoms with van der Waals surface area (Å²) in [6, 6.07) is 7.63. The monoisotopic (exact) mass is 422 g/mol. The van der Waals surface area contributed by atoms with Gasteiger partial charge in [-0.1, -0.05) is 23.2 Å². The van der Waals surface area contributed by atoms with Gasteiger partial charge in [0.05, 0.1) is 39.1 Å². The lowest BCUT2D eigenvalue weighted by Gasteiger charge is -2.10. The van der Waals surface area contributed by atoms with Crippen molar-refractivity contribution in [2.45, 2.75) is 6.61 Å². The number of halogens is 2. The zero-order valence-corrected chi connectivity index (χ0v) is 15.5. The van der Waals surface area contributed by atoms with E-state index >= 15 is 0 Å². The van der Waals surface area contributed by atoms with E-state index in [1.165, 1.54) is 30.5 Å². The number of rotatable bonds is 5. The second-order valence-electron chi connectivity index (χ2n) is 5.70. The Balaban J connectivity index is 1.88. The molecule has 1 amide bonds. The Kier molecular flexibility index (Phi) is 5.55. The summed E-state index contributed by atoms with van der Waals surface area (Å²) in [4.78, 5) is 22.6. The average molecular weight is 423 g/mol. The first kappa shape index (κ1) is 19.7. The van der Waals surface area contributed by atoms with Gasteiger partial charge in [-0.3, -0.25) is 14.9 Å². The predicted octanol–water partition coefficient (Wildman–Crippen LogP) is 4.61. The summed E-state index contributed by atoms with van der Waals surface area (Å²) in [5.41, 5.74) is 0.649. The van der Waals surface area contributed by atoms with Crippen LogP contribution in [0.2, 0.25) is 10.0 Å². The maximum Gasteiger partial charge on any atom is 0.271 e. The molecule has 1 heterocycles. The molecule has 0 fully saturated rings. The fraction of sp³-hybridized carbons (Fsp3) is 0.0556. The van der Waals surface area contributed by atoms with E-state index in [1.54, 1.807) is 6.07 Å². The summed E-state index contributed by atoms with van der Waals surface area (Å²) in [7, 11) is 0. The Labute approximate surface area is 168 Å².